The maximum Gasteiger partial charge on any atom is 0.238 e. The maximum atomic E-state index is 12.6. The van der Waals surface area contributed by atoms with E-state index in [9.17, 15) is 13.2 Å². The zero-order valence-electron chi connectivity index (χ0n) is 14.1. The van der Waals surface area contributed by atoms with Crippen molar-refractivity contribution in [3.63, 3.8) is 0 Å². The molecule has 4 rings (SSSR count). The van der Waals surface area contributed by atoms with Crippen LogP contribution in [0.3, 0.4) is 0 Å². The lowest BCUT2D eigenvalue weighted by molar-refractivity contribution is -0.114. The summed E-state index contributed by atoms with van der Waals surface area (Å²) in [4.78, 5) is 12.6. The van der Waals surface area contributed by atoms with Crippen molar-refractivity contribution in [1.82, 2.24) is 0 Å². The van der Waals surface area contributed by atoms with E-state index in [0.29, 0.717) is 18.8 Å². The minimum atomic E-state index is -3.72. The highest BCUT2D eigenvalue weighted by molar-refractivity contribution is 7.89. The highest BCUT2D eigenvalue weighted by Crippen LogP contribution is 2.39. The zero-order chi connectivity index (χ0) is 18.3. The molecule has 5 heteroatoms. The molecule has 0 radical (unpaired) electrons. The Morgan fingerprint density at radius 3 is 2.31 bits per heavy atom. The summed E-state index contributed by atoms with van der Waals surface area (Å²) >= 11 is 0. The number of carbonyl (C=O) groups is 1. The number of nitrogens with two attached hydrogens (primary N) is 1. The van der Waals surface area contributed by atoms with E-state index in [-0.39, 0.29) is 16.6 Å². The lowest BCUT2D eigenvalue weighted by Gasteiger charge is -2.23. The SMILES string of the molecule is NS(=O)(=O)c1ccc(C2=C(C3=CC4C=CC=CC4C=C3)C(=O)CC2)cc1. The van der Waals surface area contributed by atoms with Crippen molar-refractivity contribution >= 4 is 21.4 Å². The van der Waals surface area contributed by atoms with Crippen LogP contribution in [0.15, 0.2) is 82.8 Å². The van der Waals surface area contributed by atoms with Gasteiger partial charge in [0, 0.05) is 23.8 Å². The third-order valence-corrected chi connectivity index (χ3v) is 6.02. The number of fused-ring (bicyclic) bond motifs is 1. The Morgan fingerprint density at radius 2 is 1.62 bits per heavy atom. The molecule has 0 spiro atoms. The first-order valence-corrected chi connectivity index (χ1v) is 10.1. The lowest BCUT2D eigenvalue weighted by Crippen LogP contribution is -2.13. The van der Waals surface area contributed by atoms with Gasteiger partial charge in [0.05, 0.1) is 4.90 Å². The molecular formula is C21H19NO3S. The molecule has 26 heavy (non-hydrogen) atoms. The standard InChI is InChI=1S/C21H19NO3S/c22-26(24,25)18-9-7-15(8-10-18)19-11-12-20(23)21(19)17-6-5-14-3-1-2-4-16(14)13-17/h1-10,13-14,16H,11-12H2,(H2,22,24,25). The molecule has 0 saturated carbocycles. The van der Waals surface area contributed by atoms with Crippen molar-refractivity contribution in [2.24, 2.45) is 17.0 Å². The number of hydrogen-bond donors (Lipinski definition) is 1. The third kappa shape index (κ3) is 3.04. The fourth-order valence-electron chi connectivity index (χ4n) is 3.77. The number of carbonyl (C=O) groups excluding carboxylic acids is 1. The Bertz CT molecular complexity index is 1020. The molecule has 3 aliphatic carbocycles. The van der Waals surface area contributed by atoms with E-state index < -0.39 is 10.0 Å². The average Bonchev–Trinajstić information content (AvgIpc) is 3.02. The van der Waals surface area contributed by atoms with Gasteiger partial charge in [0.25, 0.3) is 0 Å². The van der Waals surface area contributed by atoms with Crippen molar-refractivity contribution in [3.8, 4) is 0 Å². The summed E-state index contributed by atoms with van der Waals surface area (Å²) in [6.07, 6.45) is 15.9. The molecule has 3 aliphatic rings. The topological polar surface area (TPSA) is 77.2 Å². The smallest absolute Gasteiger partial charge is 0.238 e. The number of primary sulfonamides is 1. The van der Waals surface area contributed by atoms with Gasteiger partial charge >= 0.3 is 0 Å². The summed E-state index contributed by atoms with van der Waals surface area (Å²) in [7, 11) is -3.72. The number of hydrogen-bond acceptors (Lipinski definition) is 3. The van der Waals surface area contributed by atoms with Gasteiger partial charge in [-0.15, -0.1) is 0 Å². The first kappa shape index (κ1) is 16.9. The summed E-state index contributed by atoms with van der Waals surface area (Å²) in [6, 6.07) is 6.45. The molecule has 2 unspecified atom stereocenters. The van der Waals surface area contributed by atoms with Crippen molar-refractivity contribution in [2.75, 3.05) is 0 Å². The van der Waals surface area contributed by atoms with Crippen LogP contribution in [0, 0.1) is 11.8 Å². The molecule has 0 aliphatic heterocycles. The quantitative estimate of drug-likeness (QED) is 0.893. The largest absolute Gasteiger partial charge is 0.294 e. The van der Waals surface area contributed by atoms with E-state index in [1.54, 1.807) is 12.1 Å². The monoisotopic (exact) mass is 365 g/mol. The summed E-state index contributed by atoms with van der Waals surface area (Å²) in [5.41, 5.74) is 3.56. The third-order valence-electron chi connectivity index (χ3n) is 5.09. The van der Waals surface area contributed by atoms with Crippen molar-refractivity contribution in [3.05, 3.63) is 83.5 Å². The van der Waals surface area contributed by atoms with Gasteiger partial charge in [0.15, 0.2) is 5.78 Å². The fourth-order valence-corrected chi connectivity index (χ4v) is 4.29. The van der Waals surface area contributed by atoms with Gasteiger partial charge in [-0.05, 0) is 35.3 Å². The first-order chi connectivity index (χ1) is 12.4. The van der Waals surface area contributed by atoms with Gasteiger partial charge in [-0.1, -0.05) is 54.7 Å². The molecule has 132 valence electrons. The Hall–Kier alpha value is -2.50. The second-order valence-electron chi connectivity index (χ2n) is 6.75. The van der Waals surface area contributed by atoms with Crippen LogP contribution in [0.1, 0.15) is 18.4 Å². The molecule has 0 saturated heterocycles. The number of allylic oxidation sites excluding steroid dienone is 10. The summed E-state index contributed by atoms with van der Waals surface area (Å²) in [6.45, 7) is 0. The molecular weight excluding hydrogens is 346 g/mol. The predicted molar refractivity (Wildman–Crippen MR) is 101 cm³/mol. The number of Topliss-reactive ketones (excluding diaryl/α,β-unsaturated/α-hetero) is 1. The Kier molecular flexibility index (Phi) is 4.13. The molecule has 1 aromatic rings. The lowest BCUT2D eigenvalue weighted by atomic mass is 9.80. The van der Waals surface area contributed by atoms with Crippen molar-refractivity contribution in [2.45, 2.75) is 17.7 Å². The van der Waals surface area contributed by atoms with Crippen molar-refractivity contribution in [1.29, 1.82) is 0 Å². The fraction of sp³-hybridized carbons (Fsp3) is 0.190. The van der Waals surface area contributed by atoms with E-state index in [4.69, 9.17) is 5.14 Å². The van der Waals surface area contributed by atoms with Crippen LogP contribution >= 0.6 is 0 Å². The van der Waals surface area contributed by atoms with Crippen LogP contribution in [-0.4, -0.2) is 14.2 Å². The minimum absolute atomic E-state index is 0.0754. The Labute approximate surface area is 153 Å². The number of sulfonamides is 1. The predicted octanol–water partition coefficient (Wildman–Crippen LogP) is 3.31. The second kappa shape index (κ2) is 6.34. The van der Waals surface area contributed by atoms with E-state index in [1.807, 2.05) is 18.2 Å². The maximum absolute atomic E-state index is 12.6. The van der Waals surface area contributed by atoms with Gasteiger partial charge < -0.3 is 0 Å². The molecule has 1 aromatic carbocycles. The Morgan fingerprint density at radius 1 is 0.923 bits per heavy atom. The van der Waals surface area contributed by atoms with Crippen molar-refractivity contribution < 1.29 is 13.2 Å². The summed E-state index contributed by atoms with van der Waals surface area (Å²) in [5, 5.41) is 5.16. The molecule has 0 heterocycles. The van der Waals surface area contributed by atoms with E-state index >= 15 is 0 Å². The van der Waals surface area contributed by atoms with E-state index in [1.165, 1.54) is 12.1 Å². The van der Waals surface area contributed by atoms with E-state index in [0.717, 1.165) is 22.3 Å². The minimum Gasteiger partial charge on any atom is -0.294 e. The zero-order valence-corrected chi connectivity index (χ0v) is 14.9. The van der Waals surface area contributed by atoms with Gasteiger partial charge in [-0.2, -0.15) is 0 Å². The van der Waals surface area contributed by atoms with Gasteiger partial charge in [0.1, 0.15) is 0 Å². The van der Waals surface area contributed by atoms with Crippen LogP contribution < -0.4 is 5.14 Å². The highest BCUT2D eigenvalue weighted by atomic mass is 32.2. The van der Waals surface area contributed by atoms with E-state index in [2.05, 4.69) is 24.3 Å². The summed E-state index contributed by atoms with van der Waals surface area (Å²) in [5.74, 6) is 0.755. The highest BCUT2D eigenvalue weighted by Gasteiger charge is 2.28. The molecule has 4 nitrogen and oxygen atoms in total. The van der Waals surface area contributed by atoms with Gasteiger partial charge in [-0.3, -0.25) is 4.79 Å². The summed E-state index contributed by atoms with van der Waals surface area (Å²) < 4.78 is 22.9. The molecule has 2 atom stereocenters. The van der Waals surface area contributed by atoms with Gasteiger partial charge in [0.2, 0.25) is 10.0 Å². The van der Waals surface area contributed by atoms with Crippen LogP contribution in [0.25, 0.3) is 5.57 Å². The number of rotatable bonds is 3. The second-order valence-corrected chi connectivity index (χ2v) is 8.31. The number of benzene rings is 1. The Balaban J connectivity index is 1.75. The number of ketones is 1. The van der Waals surface area contributed by atoms with Crippen LogP contribution in [0.4, 0.5) is 0 Å². The molecule has 0 fully saturated rings. The molecule has 2 N–H and O–H groups in total. The first-order valence-electron chi connectivity index (χ1n) is 8.58. The normalized spacial score (nSPS) is 24.8. The average molecular weight is 365 g/mol. The molecule has 0 bridgehead atoms. The van der Waals surface area contributed by atoms with Crippen LogP contribution in [0.2, 0.25) is 0 Å². The van der Waals surface area contributed by atoms with Crippen LogP contribution in [0.5, 0.6) is 0 Å². The molecule has 0 amide bonds. The molecule has 0 aromatic heterocycles. The van der Waals surface area contributed by atoms with Crippen LogP contribution in [-0.2, 0) is 14.8 Å². The van der Waals surface area contributed by atoms with Gasteiger partial charge in [-0.25, -0.2) is 13.6 Å².